The Balaban J connectivity index is 1.19. The third kappa shape index (κ3) is 4.75. The van der Waals surface area contributed by atoms with Gasteiger partial charge in [0.25, 0.3) is 0 Å². The van der Waals surface area contributed by atoms with Gasteiger partial charge < -0.3 is 13.7 Å². The standard InChI is InChI=1S/C50H31NO2/c1-2-13-33-28-37(27-26-32(33)12-1)34-16-9-17-38(29-34)51(44-22-11-25-47-50(44)41-19-6-8-23-45(41)52-47)43-21-7-5-18-39(43)40-20-10-24-46-49(40)42-30-35-14-3-4-15-36(35)31-48(42)53-46/h1-31H. The van der Waals surface area contributed by atoms with E-state index < -0.39 is 0 Å². The van der Waals surface area contributed by atoms with Crippen LogP contribution in [0.5, 0.6) is 0 Å². The van der Waals surface area contributed by atoms with E-state index in [2.05, 4.69) is 181 Å². The Morgan fingerprint density at radius 2 is 0.925 bits per heavy atom. The number of fused-ring (bicyclic) bond motifs is 8. The molecule has 2 heterocycles. The molecule has 2 aromatic heterocycles. The molecule has 248 valence electrons. The molecule has 11 rings (SSSR count). The molecule has 0 N–H and O–H groups in total. The summed E-state index contributed by atoms with van der Waals surface area (Å²) in [6.07, 6.45) is 0. The molecule has 0 aliphatic rings. The molecule has 9 aromatic carbocycles. The van der Waals surface area contributed by atoms with Crippen LogP contribution in [-0.4, -0.2) is 0 Å². The maximum atomic E-state index is 6.56. The number of benzene rings is 9. The van der Waals surface area contributed by atoms with Gasteiger partial charge in [0, 0.05) is 27.4 Å². The van der Waals surface area contributed by atoms with Crippen LogP contribution in [0.25, 0.3) is 87.7 Å². The first-order chi connectivity index (χ1) is 26.3. The van der Waals surface area contributed by atoms with E-state index in [0.29, 0.717) is 0 Å². The second-order valence-corrected chi connectivity index (χ2v) is 13.7. The molecule has 0 radical (unpaired) electrons. The molecule has 3 heteroatoms. The van der Waals surface area contributed by atoms with Gasteiger partial charge in [0.15, 0.2) is 0 Å². The Morgan fingerprint density at radius 1 is 0.321 bits per heavy atom. The minimum atomic E-state index is 0.853. The number of hydrogen-bond acceptors (Lipinski definition) is 3. The third-order valence-corrected chi connectivity index (χ3v) is 10.6. The van der Waals surface area contributed by atoms with E-state index in [1.165, 1.54) is 27.1 Å². The highest BCUT2D eigenvalue weighted by molar-refractivity contribution is 6.18. The van der Waals surface area contributed by atoms with Crippen molar-refractivity contribution in [1.29, 1.82) is 0 Å². The van der Waals surface area contributed by atoms with Gasteiger partial charge in [-0.15, -0.1) is 0 Å². The number of hydrogen-bond donors (Lipinski definition) is 0. The monoisotopic (exact) mass is 677 g/mol. The fourth-order valence-electron chi connectivity index (χ4n) is 8.18. The minimum Gasteiger partial charge on any atom is -0.456 e. The average molecular weight is 678 g/mol. The zero-order chi connectivity index (χ0) is 34.9. The van der Waals surface area contributed by atoms with Crippen molar-refractivity contribution in [3.8, 4) is 22.3 Å². The molecular weight excluding hydrogens is 647 g/mol. The van der Waals surface area contributed by atoms with Crippen molar-refractivity contribution in [1.82, 2.24) is 0 Å². The topological polar surface area (TPSA) is 29.5 Å². The quantitative estimate of drug-likeness (QED) is 0.182. The summed E-state index contributed by atoms with van der Waals surface area (Å²) in [4.78, 5) is 2.40. The molecular formula is C50H31NO2. The highest BCUT2D eigenvalue weighted by Crippen LogP contribution is 2.48. The molecule has 0 aliphatic carbocycles. The fourth-order valence-corrected chi connectivity index (χ4v) is 8.18. The largest absolute Gasteiger partial charge is 0.456 e. The normalized spacial score (nSPS) is 11.8. The summed E-state index contributed by atoms with van der Waals surface area (Å²) in [6.45, 7) is 0. The highest BCUT2D eigenvalue weighted by Gasteiger charge is 2.24. The van der Waals surface area contributed by atoms with Gasteiger partial charge in [-0.05, 0) is 98.9 Å². The van der Waals surface area contributed by atoms with E-state index in [9.17, 15) is 0 Å². The van der Waals surface area contributed by atoms with Crippen LogP contribution in [0.2, 0.25) is 0 Å². The number of para-hydroxylation sites is 2. The second kappa shape index (κ2) is 11.7. The van der Waals surface area contributed by atoms with Crippen LogP contribution in [0.1, 0.15) is 0 Å². The molecule has 0 atom stereocenters. The summed E-state index contributed by atoms with van der Waals surface area (Å²) >= 11 is 0. The maximum Gasteiger partial charge on any atom is 0.137 e. The first-order valence-corrected chi connectivity index (χ1v) is 18.0. The van der Waals surface area contributed by atoms with Crippen molar-refractivity contribution in [3.05, 3.63) is 188 Å². The number of furan rings is 2. The van der Waals surface area contributed by atoms with Crippen LogP contribution in [0.3, 0.4) is 0 Å². The molecule has 0 amide bonds. The highest BCUT2D eigenvalue weighted by atomic mass is 16.3. The lowest BCUT2D eigenvalue weighted by Crippen LogP contribution is -2.11. The Labute approximate surface area is 305 Å². The number of rotatable bonds is 5. The lowest BCUT2D eigenvalue weighted by Gasteiger charge is -2.29. The van der Waals surface area contributed by atoms with Gasteiger partial charge in [0.2, 0.25) is 0 Å². The van der Waals surface area contributed by atoms with Crippen molar-refractivity contribution in [3.63, 3.8) is 0 Å². The van der Waals surface area contributed by atoms with E-state index in [1.807, 2.05) is 12.1 Å². The second-order valence-electron chi connectivity index (χ2n) is 13.7. The van der Waals surface area contributed by atoms with Gasteiger partial charge in [0.1, 0.15) is 22.3 Å². The van der Waals surface area contributed by atoms with E-state index in [0.717, 1.165) is 77.6 Å². The molecule has 0 unspecified atom stereocenters. The number of nitrogens with zero attached hydrogens (tertiary/aromatic N) is 1. The summed E-state index contributed by atoms with van der Waals surface area (Å²) in [7, 11) is 0. The van der Waals surface area contributed by atoms with Crippen LogP contribution < -0.4 is 4.90 Å². The summed E-state index contributed by atoms with van der Waals surface area (Å²) < 4.78 is 13.0. The van der Waals surface area contributed by atoms with Crippen LogP contribution in [0, 0.1) is 0 Å². The van der Waals surface area contributed by atoms with Crippen LogP contribution >= 0.6 is 0 Å². The lowest BCUT2D eigenvalue weighted by molar-refractivity contribution is 0.669. The molecule has 0 saturated carbocycles. The molecule has 0 aliphatic heterocycles. The molecule has 0 bridgehead atoms. The Morgan fingerprint density at radius 3 is 1.81 bits per heavy atom. The predicted octanol–water partition coefficient (Wildman–Crippen LogP) is 14.6. The zero-order valence-corrected chi connectivity index (χ0v) is 28.7. The van der Waals surface area contributed by atoms with Gasteiger partial charge in [-0.1, -0.05) is 127 Å². The molecule has 3 nitrogen and oxygen atoms in total. The van der Waals surface area contributed by atoms with Crippen LogP contribution in [0.15, 0.2) is 197 Å². The van der Waals surface area contributed by atoms with Gasteiger partial charge in [-0.3, -0.25) is 0 Å². The minimum absolute atomic E-state index is 0.853. The first kappa shape index (κ1) is 29.6. The van der Waals surface area contributed by atoms with Crippen molar-refractivity contribution in [2.75, 3.05) is 4.90 Å². The van der Waals surface area contributed by atoms with E-state index in [4.69, 9.17) is 8.83 Å². The zero-order valence-electron chi connectivity index (χ0n) is 28.7. The molecule has 0 fully saturated rings. The summed E-state index contributed by atoms with van der Waals surface area (Å²) in [5.74, 6) is 0. The lowest BCUT2D eigenvalue weighted by atomic mass is 9.95. The van der Waals surface area contributed by atoms with Crippen molar-refractivity contribution < 1.29 is 8.83 Å². The van der Waals surface area contributed by atoms with E-state index in [1.54, 1.807) is 0 Å². The van der Waals surface area contributed by atoms with Crippen molar-refractivity contribution >= 4 is 82.5 Å². The summed E-state index contributed by atoms with van der Waals surface area (Å²) in [5, 5.41) is 9.19. The molecule has 0 saturated heterocycles. The van der Waals surface area contributed by atoms with E-state index in [-0.39, 0.29) is 0 Å². The molecule has 11 aromatic rings. The first-order valence-electron chi connectivity index (χ1n) is 18.0. The summed E-state index contributed by atoms with van der Waals surface area (Å²) in [6, 6.07) is 66.9. The Kier molecular flexibility index (Phi) is 6.55. The summed E-state index contributed by atoms with van der Waals surface area (Å²) in [5.41, 5.74) is 11.2. The van der Waals surface area contributed by atoms with Gasteiger partial charge >= 0.3 is 0 Å². The predicted molar refractivity (Wildman–Crippen MR) is 222 cm³/mol. The van der Waals surface area contributed by atoms with Gasteiger partial charge in [-0.25, -0.2) is 0 Å². The SMILES string of the molecule is c1cc(-c2ccc3ccccc3c2)cc(N(c2ccccc2-c2cccc3oc4cc5ccccc5cc4c23)c2cccc3oc4ccccc4c23)c1. The molecule has 0 spiro atoms. The van der Waals surface area contributed by atoms with Crippen molar-refractivity contribution in [2.24, 2.45) is 0 Å². The Bertz CT molecular complexity index is 3200. The maximum absolute atomic E-state index is 6.56. The van der Waals surface area contributed by atoms with Gasteiger partial charge in [-0.2, -0.15) is 0 Å². The van der Waals surface area contributed by atoms with E-state index >= 15 is 0 Å². The average Bonchev–Trinajstić information content (AvgIpc) is 3.78. The van der Waals surface area contributed by atoms with Crippen LogP contribution in [0.4, 0.5) is 17.1 Å². The van der Waals surface area contributed by atoms with Crippen LogP contribution in [-0.2, 0) is 0 Å². The molecule has 53 heavy (non-hydrogen) atoms. The fraction of sp³-hybridized carbons (Fsp3) is 0. The Hall–Kier alpha value is -7.10. The van der Waals surface area contributed by atoms with Crippen molar-refractivity contribution in [2.45, 2.75) is 0 Å². The smallest absolute Gasteiger partial charge is 0.137 e. The number of anilines is 3. The van der Waals surface area contributed by atoms with Gasteiger partial charge in [0.05, 0.1) is 16.8 Å². The third-order valence-electron chi connectivity index (χ3n) is 10.6.